The fourth-order valence-electron chi connectivity index (χ4n) is 1.71. The molecule has 0 aliphatic rings. The quantitative estimate of drug-likeness (QED) is 0.601. The molecule has 0 aliphatic heterocycles. The minimum Gasteiger partial charge on any atom is -0.330 e. The number of hydrogen-bond donors (Lipinski definition) is 1. The highest BCUT2D eigenvalue weighted by Crippen LogP contribution is 2.39. The maximum Gasteiger partial charge on any atom is 0.416 e. The molecule has 0 spiro atoms. The van der Waals surface area contributed by atoms with E-state index >= 15 is 0 Å². The zero-order valence-corrected chi connectivity index (χ0v) is 11.9. The smallest absolute Gasteiger partial charge is 0.330 e. The number of halogens is 7. The SMILES string of the molecule is O=Cc1nc(-c2cc(C(F)(F)F)cc(C(F)(F)F)c2)c(Br)[nH]1. The summed E-state index contributed by atoms with van der Waals surface area (Å²) in [6.07, 6.45) is -9.62. The number of benzene rings is 1. The van der Waals surface area contributed by atoms with Crippen molar-refractivity contribution in [3.63, 3.8) is 0 Å². The van der Waals surface area contributed by atoms with Gasteiger partial charge < -0.3 is 4.98 Å². The van der Waals surface area contributed by atoms with Gasteiger partial charge in [0.25, 0.3) is 0 Å². The topological polar surface area (TPSA) is 45.8 Å². The number of hydrogen-bond acceptors (Lipinski definition) is 2. The predicted molar refractivity (Wildman–Crippen MR) is 67.1 cm³/mol. The molecule has 2 aromatic rings. The first-order valence-corrected chi connectivity index (χ1v) is 6.32. The lowest BCUT2D eigenvalue weighted by Gasteiger charge is -2.13. The Balaban J connectivity index is 2.69. The summed E-state index contributed by atoms with van der Waals surface area (Å²) in [5.41, 5.74) is -3.56. The van der Waals surface area contributed by atoms with Crippen LogP contribution in [0.1, 0.15) is 21.7 Å². The van der Waals surface area contributed by atoms with Crippen LogP contribution in [0.4, 0.5) is 26.3 Å². The van der Waals surface area contributed by atoms with Crippen molar-refractivity contribution in [1.82, 2.24) is 9.97 Å². The van der Waals surface area contributed by atoms with E-state index in [1.807, 2.05) is 0 Å². The number of carbonyl (C=O) groups excluding carboxylic acids is 1. The molecule has 0 unspecified atom stereocenters. The molecule has 3 nitrogen and oxygen atoms in total. The second-order valence-corrected chi connectivity index (χ2v) is 4.99. The Morgan fingerprint density at radius 2 is 1.50 bits per heavy atom. The van der Waals surface area contributed by atoms with Crippen LogP contribution in [0.3, 0.4) is 0 Å². The van der Waals surface area contributed by atoms with E-state index in [2.05, 4.69) is 25.9 Å². The summed E-state index contributed by atoms with van der Waals surface area (Å²) >= 11 is 2.91. The summed E-state index contributed by atoms with van der Waals surface area (Å²) < 4.78 is 76.6. The van der Waals surface area contributed by atoms with E-state index in [1.165, 1.54) is 0 Å². The molecular weight excluding hydrogens is 382 g/mol. The van der Waals surface area contributed by atoms with Crippen LogP contribution >= 0.6 is 15.9 Å². The lowest BCUT2D eigenvalue weighted by atomic mass is 10.0. The largest absolute Gasteiger partial charge is 0.416 e. The number of nitrogens with zero attached hydrogens (tertiary/aromatic N) is 1. The average Bonchev–Trinajstić information content (AvgIpc) is 2.77. The van der Waals surface area contributed by atoms with Gasteiger partial charge in [-0.15, -0.1) is 0 Å². The van der Waals surface area contributed by atoms with Crippen molar-refractivity contribution in [3.8, 4) is 11.3 Å². The van der Waals surface area contributed by atoms with Crippen LogP contribution < -0.4 is 0 Å². The number of rotatable bonds is 2. The molecule has 1 aromatic heterocycles. The van der Waals surface area contributed by atoms with Crippen LogP contribution in [0.5, 0.6) is 0 Å². The zero-order valence-electron chi connectivity index (χ0n) is 10.3. The van der Waals surface area contributed by atoms with Gasteiger partial charge >= 0.3 is 12.4 Å². The minimum absolute atomic E-state index is 0.00190. The van der Waals surface area contributed by atoms with E-state index in [-0.39, 0.29) is 28.5 Å². The van der Waals surface area contributed by atoms with Gasteiger partial charge in [0.2, 0.25) is 0 Å². The van der Waals surface area contributed by atoms with Crippen molar-refractivity contribution in [2.75, 3.05) is 0 Å². The standard InChI is InChI=1S/C12H5BrF6N2O/c13-10-9(20-8(4-22)21-10)5-1-6(11(14,15)16)3-7(2-5)12(17,18)19/h1-4H,(H,20,21). The molecule has 0 saturated heterocycles. The van der Waals surface area contributed by atoms with Crippen LogP contribution in [0, 0.1) is 0 Å². The van der Waals surface area contributed by atoms with Gasteiger partial charge in [-0.25, -0.2) is 4.98 Å². The van der Waals surface area contributed by atoms with Crippen molar-refractivity contribution in [3.05, 3.63) is 39.8 Å². The summed E-state index contributed by atoms with van der Waals surface area (Å²) in [7, 11) is 0. The lowest BCUT2D eigenvalue weighted by Crippen LogP contribution is -2.11. The van der Waals surface area contributed by atoms with Gasteiger partial charge in [0.05, 0.1) is 11.1 Å². The number of nitrogens with one attached hydrogen (secondary N) is 1. The minimum atomic E-state index is -4.95. The van der Waals surface area contributed by atoms with E-state index in [0.29, 0.717) is 12.1 Å². The van der Waals surface area contributed by atoms with Gasteiger partial charge in [-0.05, 0) is 34.1 Å². The van der Waals surface area contributed by atoms with Gasteiger partial charge in [0.15, 0.2) is 12.1 Å². The Bertz CT molecular complexity index is 687. The highest BCUT2D eigenvalue weighted by Gasteiger charge is 2.37. The molecule has 118 valence electrons. The Hall–Kier alpha value is -1.84. The molecule has 1 aromatic carbocycles. The summed E-state index contributed by atoms with van der Waals surface area (Å²) in [4.78, 5) is 16.6. The molecule has 0 saturated carbocycles. The second-order valence-electron chi connectivity index (χ2n) is 4.20. The summed E-state index contributed by atoms with van der Waals surface area (Å²) in [5.74, 6) is -0.229. The fourth-order valence-corrected chi connectivity index (χ4v) is 2.23. The monoisotopic (exact) mass is 386 g/mol. The molecule has 1 heterocycles. The molecule has 10 heteroatoms. The molecule has 0 atom stereocenters. The van der Waals surface area contributed by atoms with Crippen molar-refractivity contribution >= 4 is 22.2 Å². The number of imidazole rings is 1. The van der Waals surface area contributed by atoms with Crippen molar-refractivity contribution in [2.45, 2.75) is 12.4 Å². The van der Waals surface area contributed by atoms with Crippen LogP contribution in [0.2, 0.25) is 0 Å². The van der Waals surface area contributed by atoms with Crippen molar-refractivity contribution < 1.29 is 31.1 Å². The van der Waals surface area contributed by atoms with Gasteiger partial charge in [-0.2, -0.15) is 26.3 Å². The number of aromatic nitrogens is 2. The second kappa shape index (κ2) is 5.41. The third-order valence-electron chi connectivity index (χ3n) is 2.65. The summed E-state index contributed by atoms with van der Waals surface area (Å²) in [5, 5.41) is 0. The third kappa shape index (κ3) is 3.32. The molecular formula is C12H5BrF6N2O. The van der Waals surface area contributed by atoms with E-state index in [4.69, 9.17) is 0 Å². The fraction of sp³-hybridized carbons (Fsp3) is 0.167. The van der Waals surface area contributed by atoms with Gasteiger partial charge in [0.1, 0.15) is 10.3 Å². The normalized spacial score (nSPS) is 12.5. The Morgan fingerprint density at radius 1 is 1.00 bits per heavy atom. The molecule has 0 radical (unpaired) electrons. The van der Waals surface area contributed by atoms with Crippen molar-refractivity contribution in [1.29, 1.82) is 0 Å². The summed E-state index contributed by atoms with van der Waals surface area (Å²) in [6.45, 7) is 0. The van der Waals surface area contributed by atoms with E-state index < -0.39 is 29.0 Å². The van der Waals surface area contributed by atoms with Gasteiger partial charge in [-0.1, -0.05) is 0 Å². The third-order valence-corrected chi connectivity index (χ3v) is 3.22. The van der Waals surface area contributed by atoms with E-state index in [9.17, 15) is 31.1 Å². The van der Waals surface area contributed by atoms with Gasteiger partial charge in [-0.3, -0.25) is 4.79 Å². The lowest BCUT2D eigenvalue weighted by molar-refractivity contribution is -0.143. The zero-order chi connectivity index (χ0) is 16.7. The first kappa shape index (κ1) is 16.5. The average molecular weight is 387 g/mol. The first-order valence-electron chi connectivity index (χ1n) is 5.53. The predicted octanol–water partition coefficient (Wildman–Crippen LogP) is 4.69. The molecule has 0 fully saturated rings. The highest BCUT2D eigenvalue weighted by atomic mass is 79.9. The van der Waals surface area contributed by atoms with Crippen LogP contribution in [-0.2, 0) is 12.4 Å². The first-order chi connectivity index (χ1) is 10.0. The number of carbonyl (C=O) groups is 1. The Labute approximate surface area is 127 Å². The molecule has 1 N–H and O–H groups in total. The van der Waals surface area contributed by atoms with Crippen molar-refractivity contribution in [2.24, 2.45) is 0 Å². The Morgan fingerprint density at radius 3 is 1.86 bits per heavy atom. The van der Waals surface area contributed by atoms with Gasteiger partial charge in [0, 0.05) is 5.56 Å². The highest BCUT2D eigenvalue weighted by molar-refractivity contribution is 9.10. The molecule has 0 aliphatic carbocycles. The maximum atomic E-state index is 12.8. The molecule has 0 amide bonds. The van der Waals surface area contributed by atoms with Crippen LogP contribution in [0.25, 0.3) is 11.3 Å². The number of aldehydes is 1. The molecule has 22 heavy (non-hydrogen) atoms. The van der Waals surface area contributed by atoms with Crippen LogP contribution in [0.15, 0.2) is 22.8 Å². The van der Waals surface area contributed by atoms with E-state index in [1.54, 1.807) is 0 Å². The van der Waals surface area contributed by atoms with E-state index in [0.717, 1.165) is 0 Å². The summed E-state index contributed by atoms with van der Waals surface area (Å²) in [6, 6.07) is 1.08. The number of alkyl halides is 6. The molecule has 2 rings (SSSR count). The molecule has 0 bridgehead atoms. The maximum absolute atomic E-state index is 12.8. The van der Waals surface area contributed by atoms with Crippen LogP contribution in [-0.4, -0.2) is 16.3 Å². The Kier molecular flexibility index (Phi) is 4.07. The number of H-pyrrole nitrogens is 1. The number of aromatic amines is 1.